The second kappa shape index (κ2) is 15.9. The van der Waals surface area contributed by atoms with E-state index in [0.717, 1.165) is 41.7 Å². The Balaban J connectivity index is 1.80. The predicted octanol–water partition coefficient (Wildman–Crippen LogP) is 10.2. The van der Waals surface area contributed by atoms with Crippen molar-refractivity contribution >= 4 is 44.5 Å². The van der Waals surface area contributed by atoms with Crippen LogP contribution in [0.1, 0.15) is 52.0 Å². The molecule has 1 saturated heterocycles. The number of allylic oxidation sites excluding steroid dienone is 5. The predicted molar refractivity (Wildman–Crippen MR) is 188 cm³/mol. The summed E-state index contributed by atoms with van der Waals surface area (Å²) in [4.78, 5) is 14.0. The number of anilines is 1. The number of para-hydroxylation sites is 1. The van der Waals surface area contributed by atoms with Crippen molar-refractivity contribution in [1.82, 2.24) is 4.90 Å². The van der Waals surface area contributed by atoms with Crippen LogP contribution in [0.25, 0.3) is 0 Å². The highest BCUT2D eigenvalue weighted by atomic mass is 32.2. The summed E-state index contributed by atoms with van der Waals surface area (Å²) < 4.78 is 51.1. The van der Waals surface area contributed by atoms with Gasteiger partial charge >= 0.3 is 6.18 Å². The summed E-state index contributed by atoms with van der Waals surface area (Å²) >= 11 is 1.60. The van der Waals surface area contributed by atoms with Crippen LogP contribution in [0.15, 0.2) is 97.8 Å². The van der Waals surface area contributed by atoms with Crippen LogP contribution in [0.4, 0.5) is 24.5 Å². The largest absolute Gasteiger partial charge is 0.457 e. The summed E-state index contributed by atoms with van der Waals surface area (Å²) in [6.07, 6.45) is 4.33. The Bertz CT molecular complexity index is 1510. The minimum Gasteiger partial charge on any atom is -0.457 e. The molecular formula is C35H42F3N4OPS. The van der Waals surface area contributed by atoms with E-state index in [1.165, 1.54) is 11.6 Å². The fourth-order valence-electron chi connectivity index (χ4n) is 5.61. The molecule has 4 rings (SSSR count). The van der Waals surface area contributed by atoms with Crippen LogP contribution in [0.5, 0.6) is 11.5 Å². The van der Waals surface area contributed by atoms with Crippen molar-refractivity contribution in [2.45, 2.75) is 58.7 Å². The molecule has 0 N–H and O–H groups in total. The van der Waals surface area contributed by atoms with Gasteiger partial charge in [-0.25, -0.2) is 4.99 Å². The van der Waals surface area contributed by atoms with Crippen molar-refractivity contribution < 1.29 is 17.9 Å². The van der Waals surface area contributed by atoms with Gasteiger partial charge in [0.15, 0.2) is 0 Å². The minimum atomic E-state index is -4.67. The second-order valence-electron chi connectivity index (χ2n) is 11.2. The number of halogens is 3. The highest BCUT2D eigenvalue weighted by Crippen LogP contribution is 2.49. The summed E-state index contributed by atoms with van der Waals surface area (Å²) in [7, 11) is 4.72. The van der Waals surface area contributed by atoms with E-state index in [1.54, 1.807) is 54.4 Å². The summed E-state index contributed by atoms with van der Waals surface area (Å²) in [5.74, 6) is 0.117. The van der Waals surface area contributed by atoms with Gasteiger partial charge in [0, 0.05) is 36.8 Å². The molecule has 5 nitrogen and oxygen atoms in total. The Morgan fingerprint density at radius 3 is 2.58 bits per heavy atom. The first kappa shape index (κ1) is 34.7. The monoisotopic (exact) mass is 654 g/mol. The van der Waals surface area contributed by atoms with Crippen molar-refractivity contribution in [2.24, 2.45) is 9.98 Å². The molecule has 2 heterocycles. The molecule has 0 saturated carbocycles. The lowest BCUT2D eigenvalue weighted by Gasteiger charge is -2.42. The number of piperazine rings is 1. The summed E-state index contributed by atoms with van der Waals surface area (Å²) in [5.41, 5.74) is 3.41. The van der Waals surface area contributed by atoms with Gasteiger partial charge in [-0.05, 0) is 93.8 Å². The van der Waals surface area contributed by atoms with Gasteiger partial charge in [0.1, 0.15) is 17.1 Å². The molecule has 45 heavy (non-hydrogen) atoms. The summed E-state index contributed by atoms with van der Waals surface area (Å²) in [6.45, 7) is 11.3. The Labute approximate surface area is 271 Å². The number of rotatable bonds is 10. The van der Waals surface area contributed by atoms with Crippen LogP contribution in [0.3, 0.4) is 0 Å². The zero-order valence-corrected chi connectivity index (χ0v) is 28.4. The highest BCUT2D eigenvalue weighted by molar-refractivity contribution is 8.06. The standard InChI is InChI=1S/C35H42F3N4OPS/c1-6-11-27-22-42(21-20-41(27)5)32-29(16-17-30(31(32)35(36,37)38)43-28-12-9-8-10-13-28)40-34(44)26-15-14-24(3)33(45-23-26)25(7-2)18-19-39-4/h7-10,12-13,16-19,23,27H,4,6,11,14-15,20-22,44H2,1-3,5H3/b19-18-,25-7+,40-34?/t27-/m1/s1. The lowest BCUT2D eigenvalue weighted by Crippen LogP contribution is -2.51. The fraction of sp³-hybridized carbons (Fsp3) is 0.371. The van der Waals surface area contributed by atoms with Gasteiger partial charge in [0.2, 0.25) is 0 Å². The smallest absolute Gasteiger partial charge is 0.422 e. The number of hydrogen-bond acceptors (Lipinski definition) is 6. The molecule has 2 aliphatic rings. The first-order valence-corrected chi connectivity index (χ1v) is 16.6. The first-order chi connectivity index (χ1) is 21.6. The number of benzene rings is 2. The zero-order chi connectivity index (χ0) is 32.6. The van der Waals surface area contributed by atoms with Gasteiger partial charge in [-0.1, -0.05) is 64.2 Å². The van der Waals surface area contributed by atoms with Crippen LogP contribution in [-0.4, -0.2) is 49.8 Å². The van der Waals surface area contributed by atoms with Gasteiger partial charge in [-0.3, -0.25) is 9.89 Å². The van der Waals surface area contributed by atoms with Crippen LogP contribution in [-0.2, 0) is 6.18 Å². The van der Waals surface area contributed by atoms with Gasteiger partial charge < -0.3 is 9.64 Å². The van der Waals surface area contributed by atoms with Crippen molar-refractivity contribution in [2.75, 3.05) is 31.6 Å². The molecule has 0 bridgehead atoms. The third kappa shape index (κ3) is 8.78. The molecule has 10 heteroatoms. The molecule has 2 aromatic carbocycles. The maximum atomic E-state index is 15.1. The fourth-order valence-corrected chi connectivity index (χ4v) is 7.22. The van der Waals surface area contributed by atoms with E-state index in [1.807, 2.05) is 31.0 Å². The molecule has 0 aliphatic carbocycles. The lowest BCUT2D eigenvalue weighted by molar-refractivity contribution is -0.138. The minimum absolute atomic E-state index is 0.0696. The third-order valence-corrected chi connectivity index (χ3v) is 9.79. The Hall–Kier alpha value is -3.13. The van der Waals surface area contributed by atoms with Crippen LogP contribution < -0.4 is 9.64 Å². The topological polar surface area (TPSA) is 40.4 Å². The van der Waals surface area contributed by atoms with E-state index in [-0.39, 0.29) is 23.2 Å². The van der Waals surface area contributed by atoms with Crippen LogP contribution in [0, 0.1) is 0 Å². The van der Waals surface area contributed by atoms with Crippen molar-refractivity contribution in [1.29, 1.82) is 0 Å². The normalized spacial score (nSPS) is 19.2. The molecule has 2 aliphatic heterocycles. The van der Waals surface area contributed by atoms with E-state index in [9.17, 15) is 0 Å². The highest BCUT2D eigenvalue weighted by Gasteiger charge is 2.41. The van der Waals surface area contributed by atoms with E-state index in [0.29, 0.717) is 30.8 Å². The van der Waals surface area contributed by atoms with E-state index < -0.39 is 11.7 Å². The molecule has 0 amide bonds. The summed E-state index contributed by atoms with van der Waals surface area (Å²) in [5, 5.41) is 2.06. The number of ether oxygens (including phenoxy) is 1. The molecule has 0 aromatic heterocycles. The van der Waals surface area contributed by atoms with E-state index >= 15 is 13.2 Å². The van der Waals surface area contributed by atoms with E-state index in [4.69, 9.17) is 9.73 Å². The number of hydrogen-bond donors (Lipinski definition) is 0. The Morgan fingerprint density at radius 1 is 1.16 bits per heavy atom. The average molecular weight is 655 g/mol. The molecule has 1 unspecified atom stereocenters. The number of nitrogens with zero attached hydrogens (tertiary/aromatic N) is 4. The zero-order valence-electron chi connectivity index (χ0n) is 26.4. The Kier molecular flexibility index (Phi) is 12.3. The van der Waals surface area contributed by atoms with Crippen LogP contribution in [0.2, 0.25) is 0 Å². The summed E-state index contributed by atoms with van der Waals surface area (Å²) in [6, 6.07) is 11.8. The second-order valence-corrected chi connectivity index (χ2v) is 12.6. The molecule has 2 atom stereocenters. The molecule has 2 aromatic rings. The SMILES string of the molecule is C=N/C=C\C(=C/C)C1=C(C)CCC(C(P)=Nc2ccc(Oc3ccccc3)c(C(F)(F)F)c2N2CCN(C)[C@H](CCC)C2)=CS1. The number of alkyl halides is 3. The molecule has 1 fully saturated rings. The maximum Gasteiger partial charge on any atom is 0.422 e. The van der Waals surface area contributed by atoms with Gasteiger partial charge in [0.05, 0.1) is 16.8 Å². The molecule has 0 spiro atoms. The number of thioether (sulfide) groups is 1. The molecule has 0 radical (unpaired) electrons. The van der Waals surface area contributed by atoms with Gasteiger partial charge in [0.25, 0.3) is 0 Å². The quantitative estimate of drug-likeness (QED) is 0.145. The first-order valence-electron chi connectivity index (χ1n) is 15.2. The van der Waals surface area contributed by atoms with Gasteiger partial charge in [-0.15, -0.1) is 0 Å². The number of aliphatic imine (C=N–C) groups is 2. The van der Waals surface area contributed by atoms with Crippen molar-refractivity contribution in [3.8, 4) is 11.5 Å². The maximum absolute atomic E-state index is 15.1. The van der Waals surface area contributed by atoms with Crippen molar-refractivity contribution in [3.05, 3.63) is 93.4 Å². The molecular weight excluding hydrogens is 612 g/mol. The van der Waals surface area contributed by atoms with Gasteiger partial charge in [-0.2, -0.15) is 13.2 Å². The average Bonchev–Trinajstić information content (AvgIpc) is 3.21. The van der Waals surface area contributed by atoms with E-state index in [2.05, 4.69) is 45.1 Å². The lowest BCUT2D eigenvalue weighted by atomic mass is 10.0. The van der Waals surface area contributed by atoms with Crippen LogP contribution >= 0.6 is 21.0 Å². The Morgan fingerprint density at radius 2 is 1.91 bits per heavy atom. The third-order valence-electron chi connectivity index (χ3n) is 8.07. The molecule has 240 valence electrons. The number of likely N-dealkylation sites (N-methyl/N-ethyl adjacent to an activating group) is 1. The van der Waals surface area contributed by atoms with Crippen molar-refractivity contribution in [3.63, 3.8) is 0 Å².